The number of ether oxygens (including phenoxy) is 1. The molecule has 13 heteroatoms. The Labute approximate surface area is 252 Å². The number of likely N-dealkylation sites (tertiary alicyclic amines) is 2. The van der Waals surface area contributed by atoms with Crippen molar-refractivity contribution in [1.82, 2.24) is 24.3 Å². The fourth-order valence-corrected chi connectivity index (χ4v) is 5.99. The number of nitrogens with zero attached hydrogens (tertiary/aromatic N) is 5. The van der Waals surface area contributed by atoms with Crippen molar-refractivity contribution in [1.29, 1.82) is 0 Å². The van der Waals surface area contributed by atoms with E-state index in [0.717, 1.165) is 25.1 Å². The molecule has 2 saturated heterocycles. The van der Waals surface area contributed by atoms with Crippen molar-refractivity contribution in [3.63, 3.8) is 0 Å². The number of pyridine rings is 1. The van der Waals surface area contributed by atoms with Crippen LogP contribution in [0.4, 0.5) is 14.7 Å². The van der Waals surface area contributed by atoms with Crippen LogP contribution in [0.5, 0.6) is 5.75 Å². The second kappa shape index (κ2) is 13.1. The van der Waals surface area contributed by atoms with Crippen molar-refractivity contribution in [3.05, 3.63) is 59.4 Å². The number of hydrogen-bond acceptors (Lipinski definition) is 6. The SMILES string of the molecule is C=CC(=O)N1CCCC[C@@H](n2c(NC(=O)c3ccnc(C(F)F)c3)nc3cc(OC4CCN(C(C)=O)CC4)cc(Cl)c32)C1. The Morgan fingerprint density at radius 1 is 1.12 bits per heavy atom. The summed E-state index contributed by atoms with van der Waals surface area (Å²) in [5, 5.41) is 3.13. The fraction of sp³-hybridized carbons (Fsp3) is 0.433. The third-order valence-electron chi connectivity index (χ3n) is 7.89. The molecule has 0 radical (unpaired) electrons. The zero-order valence-corrected chi connectivity index (χ0v) is 24.5. The highest BCUT2D eigenvalue weighted by Gasteiger charge is 2.29. The van der Waals surface area contributed by atoms with E-state index in [-0.39, 0.29) is 35.5 Å². The van der Waals surface area contributed by atoms with Gasteiger partial charge in [-0.2, -0.15) is 0 Å². The molecule has 3 aromatic rings. The first kappa shape index (κ1) is 30.4. The predicted molar refractivity (Wildman–Crippen MR) is 157 cm³/mol. The summed E-state index contributed by atoms with van der Waals surface area (Å²) in [6.07, 6.45) is 3.14. The van der Waals surface area contributed by atoms with Crippen LogP contribution in [-0.4, -0.2) is 74.3 Å². The van der Waals surface area contributed by atoms with E-state index < -0.39 is 18.0 Å². The number of hydrogen-bond donors (Lipinski definition) is 1. The first-order valence-corrected chi connectivity index (χ1v) is 14.6. The highest BCUT2D eigenvalue weighted by molar-refractivity contribution is 6.35. The Hall–Kier alpha value is -4.06. The van der Waals surface area contributed by atoms with Crippen LogP contribution in [0.15, 0.2) is 43.1 Å². The summed E-state index contributed by atoms with van der Waals surface area (Å²) in [6.45, 7) is 7.28. The molecule has 1 N–H and O–H groups in total. The molecule has 43 heavy (non-hydrogen) atoms. The second-order valence-electron chi connectivity index (χ2n) is 10.8. The standard InChI is InChI=1S/C30H33ClF2N6O4/c1-3-26(41)38-11-5-4-6-20(17-38)39-27-23(31)15-22(43-21-8-12-37(13-9-21)18(2)40)16-24(27)35-30(39)36-29(42)19-7-10-34-25(14-19)28(32)33/h3,7,10,14-16,20-21,28H,1,4-6,8-9,11-13,17H2,2H3,(H,35,36,42)/t20-/m1/s1. The molecule has 0 spiro atoms. The lowest BCUT2D eigenvalue weighted by Crippen LogP contribution is -2.40. The summed E-state index contributed by atoms with van der Waals surface area (Å²) in [4.78, 5) is 49.4. The van der Waals surface area contributed by atoms with Gasteiger partial charge in [-0.3, -0.25) is 24.7 Å². The lowest BCUT2D eigenvalue weighted by Gasteiger charge is -2.31. The predicted octanol–water partition coefficient (Wildman–Crippen LogP) is 5.40. The molecule has 0 bridgehead atoms. The van der Waals surface area contributed by atoms with Crippen molar-refractivity contribution in [2.45, 2.75) is 57.6 Å². The van der Waals surface area contributed by atoms with Crippen LogP contribution in [0.2, 0.25) is 5.02 Å². The van der Waals surface area contributed by atoms with E-state index in [1.54, 1.807) is 28.9 Å². The summed E-state index contributed by atoms with van der Waals surface area (Å²) in [6, 6.07) is 5.54. The number of aromatic nitrogens is 3. The summed E-state index contributed by atoms with van der Waals surface area (Å²) < 4.78 is 34.6. The van der Waals surface area contributed by atoms with Gasteiger partial charge in [-0.05, 0) is 37.5 Å². The third-order valence-corrected chi connectivity index (χ3v) is 8.18. The Balaban J connectivity index is 1.50. The van der Waals surface area contributed by atoms with E-state index >= 15 is 0 Å². The molecule has 2 aliphatic heterocycles. The van der Waals surface area contributed by atoms with Gasteiger partial charge in [-0.25, -0.2) is 13.8 Å². The van der Waals surface area contributed by atoms with E-state index in [0.29, 0.717) is 67.2 Å². The number of fused-ring (bicyclic) bond motifs is 1. The number of nitrogens with one attached hydrogen (secondary N) is 1. The average molecular weight is 615 g/mol. The number of rotatable bonds is 7. The van der Waals surface area contributed by atoms with Crippen LogP contribution in [0.1, 0.15) is 67.5 Å². The van der Waals surface area contributed by atoms with E-state index in [2.05, 4.69) is 16.9 Å². The molecule has 2 aromatic heterocycles. The molecule has 5 rings (SSSR count). The number of alkyl halides is 2. The van der Waals surface area contributed by atoms with Crippen molar-refractivity contribution in [2.75, 3.05) is 31.5 Å². The number of amides is 3. The second-order valence-corrected chi connectivity index (χ2v) is 11.2. The highest BCUT2D eigenvalue weighted by Crippen LogP contribution is 2.37. The van der Waals surface area contributed by atoms with Crippen LogP contribution in [-0.2, 0) is 9.59 Å². The maximum absolute atomic E-state index is 13.3. The summed E-state index contributed by atoms with van der Waals surface area (Å²) in [5.41, 5.74) is 0.507. The minimum Gasteiger partial charge on any atom is -0.490 e. The average Bonchev–Trinajstić information content (AvgIpc) is 3.17. The number of benzene rings is 1. The lowest BCUT2D eigenvalue weighted by molar-refractivity contribution is -0.130. The number of piperidine rings is 1. The normalized spacial score (nSPS) is 18.0. The zero-order valence-electron chi connectivity index (χ0n) is 23.8. The number of carbonyl (C=O) groups is 3. The van der Waals surface area contributed by atoms with Gasteiger partial charge in [0.15, 0.2) is 0 Å². The molecule has 228 valence electrons. The molecule has 0 aliphatic carbocycles. The van der Waals surface area contributed by atoms with Crippen molar-refractivity contribution in [2.24, 2.45) is 0 Å². The van der Waals surface area contributed by atoms with Gasteiger partial charge in [0, 0.05) is 69.8 Å². The van der Waals surface area contributed by atoms with Crippen LogP contribution < -0.4 is 10.1 Å². The molecule has 0 saturated carbocycles. The zero-order chi connectivity index (χ0) is 30.7. The van der Waals surface area contributed by atoms with Crippen molar-refractivity contribution in [3.8, 4) is 5.75 Å². The van der Waals surface area contributed by atoms with Crippen LogP contribution in [0.3, 0.4) is 0 Å². The quantitative estimate of drug-likeness (QED) is 0.357. The molecular weight excluding hydrogens is 582 g/mol. The van der Waals surface area contributed by atoms with E-state index in [1.807, 2.05) is 4.57 Å². The summed E-state index contributed by atoms with van der Waals surface area (Å²) in [5.74, 6) is -0.135. The number of anilines is 1. The van der Waals surface area contributed by atoms with Gasteiger partial charge in [0.2, 0.25) is 17.8 Å². The molecule has 4 heterocycles. The molecule has 1 atom stereocenters. The first-order chi connectivity index (χ1) is 20.6. The van der Waals surface area contributed by atoms with Crippen LogP contribution >= 0.6 is 11.6 Å². The van der Waals surface area contributed by atoms with Crippen LogP contribution in [0, 0.1) is 0 Å². The Morgan fingerprint density at radius 3 is 2.58 bits per heavy atom. The monoisotopic (exact) mass is 614 g/mol. The minimum atomic E-state index is -2.83. The van der Waals surface area contributed by atoms with Gasteiger partial charge in [0.25, 0.3) is 12.3 Å². The molecule has 0 unspecified atom stereocenters. The largest absolute Gasteiger partial charge is 0.490 e. The summed E-state index contributed by atoms with van der Waals surface area (Å²) in [7, 11) is 0. The van der Waals surface area contributed by atoms with Gasteiger partial charge in [-0.15, -0.1) is 0 Å². The maximum atomic E-state index is 13.3. The maximum Gasteiger partial charge on any atom is 0.280 e. The summed E-state index contributed by atoms with van der Waals surface area (Å²) >= 11 is 6.86. The highest BCUT2D eigenvalue weighted by atomic mass is 35.5. The van der Waals surface area contributed by atoms with E-state index in [4.69, 9.17) is 21.3 Å². The Kier molecular flexibility index (Phi) is 9.24. The third kappa shape index (κ3) is 6.79. The Bertz CT molecular complexity index is 1540. The van der Waals surface area contributed by atoms with Crippen molar-refractivity contribution < 1.29 is 27.9 Å². The van der Waals surface area contributed by atoms with Gasteiger partial charge in [-0.1, -0.05) is 18.2 Å². The molecule has 2 aliphatic rings. The van der Waals surface area contributed by atoms with Gasteiger partial charge in [0.1, 0.15) is 17.5 Å². The van der Waals surface area contributed by atoms with E-state index in [1.165, 1.54) is 12.1 Å². The first-order valence-electron chi connectivity index (χ1n) is 14.2. The molecule has 1 aromatic carbocycles. The molecule has 10 nitrogen and oxygen atoms in total. The smallest absolute Gasteiger partial charge is 0.280 e. The lowest BCUT2D eigenvalue weighted by atomic mass is 10.1. The topological polar surface area (TPSA) is 110 Å². The molecule has 2 fully saturated rings. The van der Waals surface area contributed by atoms with Crippen molar-refractivity contribution >= 4 is 46.3 Å². The number of halogens is 3. The minimum absolute atomic E-state index is 0.000238. The fourth-order valence-electron chi connectivity index (χ4n) is 5.69. The number of imidazole rings is 1. The molecule has 3 amide bonds. The van der Waals surface area contributed by atoms with Gasteiger partial charge < -0.3 is 19.1 Å². The number of carbonyl (C=O) groups excluding carboxylic acids is 3. The van der Waals surface area contributed by atoms with Gasteiger partial charge in [0.05, 0.1) is 22.1 Å². The Morgan fingerprint density at radius 2 is 1.88 bits per heavy atom. The van der Waals surface area contributed by atoms with E-state index in [9.17, 15) is 23.2 Å². The van der Waals surface area contributed by atoms with Crippen LogP contribution in [0.25, 0.3) is 11.0 Å². The molecular formula is C30H33ClF2N6O4. The van der Waals surface area contributed by atoms with Gasteiger partial charge >= 0.3 is 0 Å².